The number of rotatable bonds is 4. The fourth-order valence-electron chi connectivity index (χ4n) is 3.97. The normalized spacial score (nSPS) is 29.0. The molecule has 6 heteroatoms. The van der Waals surface area contributed by atoms with Gasteiger partial charge in [-0.15, -0.1) is 0 Å². The van der Waals surface area contributed by atoms with Crippen molar-refractivity contribution in [2.24, 2.45) is 11.3 Å². The molecule has 1 heterocycles. The number of carboxylic acid groups (broad SMARTS) is 1. The van der Waals surface area contributed by atoms with Gasteiger partial charge in [0.05, 0.1) is 0 Å². The highest BCUT2D eigenvalue weighted by Crippen LogP contribution is 2.32. The average molecular weight is 339 g/mol. The minimum absolute atomic E-state index is 0.0322. The first-order valence-corrected chi connectivity index (χ1v) is 9.26. The van der Waals surface area contributed by atoms with Crippen LogP contribution in [0.5, 0.6) is 0 Å². The molecule has 1 saturated heterocycles. The van der Waals surface area contributed by atoms with E-state index in [1.54, 1.807) is 0 Å². The van der Waals surface area contributed by atoms with Crippen LogP contribution in [0.1, 0.15) is 65.7 Å². The summed E-state index contributed by atoms with van der Waals surface area (Å²) in [6, 6.07) is 0.0959. The fraction of sp³-hybridized carbons (Fsp3) is 0.889. The van der Waals surface area contributed by atoms with Crippen molar-refractivity contribution < 1.29 is 14.7 Å². The van der Waals surface area contributed by atoms with Crippen LogP contribution in [0, 0.1) is 11.3 Å². The molecule has 2 fully saturated rings. The smallest absolute Gasteiger partial charge is 0.405 e. The van der Waals surface area contributed by atoms with E-state index in [-0.39, 0.29) is 17.4 Å². The summed E-state index contributed by atoms with van der Waals surface area (Å²) in [7, 11) is 0. The summed E-state index contributed by atoms with van der Waals surface area (Å²) >= 11 is 0. The molecule has 0 aromatic rings. The monoisotopic (exact) mass is 339 g/mol. The summed E-state index contributed by atoms with van der Waals surface area (Å²) in [5, 5.41) is 18.3. The van der Waals surface area contributed by atoms with E-state index in [0.29, 0.717) is 31.8 Å². The Hall–Kier alpha value is -1.30. The van der Waals surface area contributed by atoms with Gasteiger partial charge in [0.15, 0.2) is 0 Å². The molecule has 2 unspecified atom stereocenters. The molecular formula is C18H33N3O3. The van der Waals surface area contributed by atoms with E-state index in [1.807, 2.05) is 0 Å². The van der Waals surface area contributed by atoms with Crippen molar-refractivity contribution in [1.29, 1.82) is 0 Å². The van der Waals surface area contributed by atoms with Crippen LogP contribution in [0.25, 0.3) is 0 Å². The van der Waals surface area contributed by atoms with Crippen LogP contribution in [-0.4, -0.2) is 41.8 Å². The van der Waals surface area contributed by atoms with E-state index < -0.39 is 11.6 Å². The first-order chi connectivity index (χ1) is 11.2. The van der Waals surface area contributed by atoms with Crippen molar-refractivity contribution in [1.82, 2.24) is 16.0 Å². The second-order valence-corrected chi connectivity index (χ2v) is 8.55. The Morgan fingerprint density at radius 2 is 1.88 bits per heavy atom. The molecule has 4 N–H and O–H groups in total. The summed E-state index contributed by atoms with van der Waals surface area (Å²) in [5.74, 6) is 0.371. The summed E-state index contributed by atoms with van der Waals surface area (Å²) in [4.78, 5) is 24.2. The number of hydrogen-bond acceptors (Lipinski definition) is 3. The second kappa shape index (κ2) is 7.72. The minimum atomic E-state index is -1.13. The van der Waals surface area contributed by atoms with Gasteiger partial charge in [0, 0.05) is 12.6 Å². The first kappa shape index (κ1) is 19.0. The van der Waals surface area contributed by atoms with Crippen molar-refractivity contribution in [2.75, 3.05) is 13.1 Å². The van der Waals surface area contributed by atoms with Gasteiger partial charge in [-0.3, -0.25) is 4.79 Å². The number of carbonyl (C=O) groups excluding carboxylic acids is 1. The topological polar surface area (TPSA) is 90.5 Å². The molecule has 0 bridgehead atoms. The van der Waals surface area contributed by atoms with Gasteiger partial charge in [-0.2, -0.15) is 0 Å². The van der Waals surface area contributed by atoms with Gasteiger partial charge in [0.25, 0.3) is 0 Å². The third kappa shape index (κ3) is 4.85. The first-order valence-electron chi connectivity index (χ1n) is 9.26. The molecule has 6 nitrogen and oxygen atoms in total. The Morgan fingerprint density at radius 3 is 2.46 bits per heavy atom. The van der Waals surface area contributed by atoms with Crippen molar-refractivity contribution in [3.8, 4) is 0 Å². The summed E-state index contributed by atoms with van der Waals surface area (Å²) in [6.45, 7) is 7.64. The van der Waals surface area contributed by atoms with Gasteiger partial charge < -0.3 is 21.1 Å². The molecule has 1 aliphatic carbocycles. The number of carbonyl (C=O) groups is 2. The molecule has 0 aromatic carbocycles. The number of hydrogen-bond donors (Lipinski definition) is 4. The summed E-state index contributed by atoms with van der Waals surface area (Å²) in [5.41, 5.74) is -1.06. The highest BCUT2D eigenvalue weighted by atomic mass is 16.4. The fourth-order valence-corrected chi connectivity index (χ4v) is 3.97. The molecule has 0 spiro atoms. The Morgan fingerprint density at radius 1 is 1.21 bits per heavy atom. The molecule has 0 aromatic heterocycles. The predicted molar refractivity (Wildman–Crippen MR) is 94.0 cm³/mol. The van der Waals surface area contributed by atoms with Gasteiger partial charge in [-0.05, 0) is 43.6 Å². The molecular weight excluding hydrogens is 306 g/mol. The van der Waals surface area contributed by atoms with Crippen molar-refractivity contribution >= 4 is 12.0 Å². The standard InChI is InChI=1S/C18H33N3O3/c1-17(2,3)14-11-18(9-10-19-14,21-16(23)24)15(22)20-12-13-7-5-4-6-8-13/h13-14,19,21H,4-12H2,1-3H3,(H,20,22)(H,23,24). The van der Waals surface area contributed by atoms with Gasteiger partial charge >= 0.3 is 6.09 Å². The number of nitrogens with one attached hydrogen (secondary N) is 3. The van der Waals surface area contributed by atoms with Crippen molar-refractivity contribution in [3.05, 3.63) is 0 Å². The molecule has 2 atom stereocenters. The maximum Gasteiger partial charge on any atom is 0.405 e. The highest BCUT2D eigenvalue weighted by molar-refractivity contribution is 5.90. The van der Waals surface area contributed by atoms with Gasteiger partial charge in [0.2, 0.25) is 5.91 Å². The quantitative estimate of drug-likeness (QED) is 0.633. The number of amides is 2. The van der Waals surface area contributed by atoms with Gasteiger partial charge in [-0.25, -0.2) is 4.79 Å². The van der Waals surface area contributed by atoms with Crippen LogP contribution < -0.4 is 16.0 Å². The zero-order valence-corrected chi connectivity index (χ0v) is 15.3. The van der Waals surface area contributed by atoms with Crippen molar-refractivity contribution in [2.45, 2.75) is 77.3 Å². The largest absolute Gasteiger partial charge is 0.465 e. The molecule has 24 heavy (non-hydrogen) atoms. The summed E-state index contributed by atoms with van der Waals surface area (Å²) < 4.78 is 0. The molecule has 138 valence electrons. The van der Waals surface area contributed by atoms with Gasteiger partial charge in [-0.1, -0.05) is 40.0 Å². The zero-order chi connectivity index (χ0) is 17.8. The maximum atomic E-state index is 12.9. The Kier molecular flexibility index (Phi) is 6.12. The van der Waals surface area contributed by atoms with E-state index in [0.717, 1.165) is 12.8 Å². The van der Waals surface area contributed by atoms with E-state index in [9.17, 15) is 14.7 Å². The zero-order valence-electron chi connectivity index (χ0n) is 15.3. The molecule has 1 aliphatic heterocycles. The molecule has 1 saturated carbocycles. The maximum absolute atomic E-state index is 12.9. The highest BCUT2D eigenvalue weighted by Gasteiger charge is 2.46. The van der Waals surface area contributed by atoms with Gasteiger partial charge in [0.1, 0.15) is 5.54 Å². The van der Waals surface area contributed by atoms with Crippen LogP contribution in [0.15, 0.2) is 0 Å². The predicted octanol–water partition coefficient (Wildman–Crippen LogP) is 2.49. The SMILES string of the molecule is CC(C)(C)C1CC(NC(=O)O)(C(=O)NCC2CCCCC2)CCN1. The lowest BCUT2D eigenvalue weighted by molar-refractivity contribution is -0.129. The lowest BCUT2D eigenvalue weighted by Gasteiger charge is -2.44. The van der Waals surface area contributed by atoms with Crippen molar-refractivity contribution in [3.63, 3.8) is 0 Å². The number of piperidine rings is 1. The third-order valence-corrected chi connectivity index (χ3v) is 5.60. The molecule has 0 radical (unpaired) electrons. The average Bonchev–Trinajstić information content (AvgIpc) is 2.52. The third-order valence-electron chi connectivity index (χ3n) is 5.60. The lowest BCUT2D eigenvalue weighted by atomic mass is 9.74. The molecule has 2 amide bonds. The lowest BCUT2D eigenvalue weighted by Crippen LogP contribution is -2.66. The Bertz CT molecular complexity index is 455. The van der Waals surface area contributed by atoms with E-state index >= 15 is 0 Å². The Labute approximate surface area is 145 Å². The van der Waals surface area contributed by atoms with Crippen LogP contribution in [-0.2, 0) is 4.79 Å². The van der Waals surface area contributed by atoms with E-state index in [1.165, 1.54) is 19.3 Å². The Balaban J connectivity index is 2.05. The van der Waals surface area contributed by atoms with E-state index in [4.69, 9.17) is 0 Å². The van der Waals surface area contributed by atoms with Crippen LogP contribution in [0.2, 0.25) is 0 Å². The summed E-state index contributed by atoms with van der Waals surface area (Å²) in [6.07, 6.45) is 5.91. The van der Waals surface area contributed by atoms with Crippen LogP contribution in [0.4, 0.5) is 4.79 Å². The van der Waals surface area contributed by atoms with Crippen LogP contribution >= 0.6 is 0 Å². The minimum Gasteiger partial charge on any atom is -0.465 e. The van der Waals surface area contributed by atoms with Crippen LogP contribution in [0.3, 0.4) is 0 Å². The molecule has 2 aliphatic rings. The molecule has 2 rings (SSSR count). The van der Waals surface area contributed by atoms with E-state index in [2.05, 4.69) is 36.7 Å². The second-order valence-electron chi connectivity index (χ2n) is 8.55.